The van der Waals surface area contributed by atoms with Crippen molar-refractivity contribution in [1.82, 2.24) is 10.3 Å². The molecule has 1 aromatic heterocycles. The monoisotopic (exact) mass is 406 g/mol. The molecule has 4 aliphatic rings. The zero-order valence-electron chi connectivity index (χ0n) is 14.8. The summed E-state index contributed by atoms with van der Waals surface area (Å²) in [5.41, 5.74) is 1.00. The Kier molecular flexibility index (Phi) is 4.26. The molecule has 1 amide bonds. The Morgan fingerprint density at radius 3 is 2.58 bits per heavy atom. The predicted molar refractivity (Wildman–Crippen MR) is 109 cm³/mol. The lowest BCUT2D eigenvalue weighted by atomic mass is 9.53. The van der Waals surface area contributed by atoms with Gasteiger partial charge >= 0.3 is 0 Å². The van der Waals surface area contributed by atoms with Crippen molar-refractivity contribution in [2.45, 2.75) is 60.6 Å². The minimum atomic E-state index is -0.126. The first kappa shape index (κ1) is 17.3. The van der Waals surface area contributed by atoms with Crippen LogP contribution < -0.4 is 5.32 Å². The van der Waals surface area contributed by atoms with Crippen LogP contribution in [0.15, 0.2) is 22.5 Å². The van der Waals surface area contributed by atoms with E-state index in [-0.39, 0.29) is 16.7 Å². The fraction of sp³-hybridized carbons (Fsp3) is 0.600. The molecule has 1 unspecified atom stereocenters. The second-order valence-corrected chi connectivity index (χ2v) is 11.6. The molecule has 0 spiro atoms. The summed E-state index contributed by atoms with van der Waals surface area (Å²) in [6.07, 6.45) is 7.78. The number of carbonyl (C=O) groups is 1. The van der Waals surface area contributed by atoms with Gasteiger partial charge in [-0.25, -0.2) is 4.98 Å². The zero-order chi connectivity index (χ0) is 17.9. The van der Waals surface area contributed by atoms with E-state index >= 15 is 0 Å². The van der Waals surface area contributed by atoms with Crippen LogP contribution in [-0.2, 0) is 4.79 Å². The topological polar surface area (TPSA) is 42.0 Å². The van der Waals surface area contributed by atoms with Gasteiger partial charge in [-0.2, -0.15) is 0 Å². The second-order valence-electron chi connectivity index (χ2n) is 8.54. The Morgan fingerprint density at radius 1 is 1.27 bits per heavy atom. The normalized spacial score (nSPS) is 33.5. The maximum absolute atomic E-state index is 12.9. The summed E-state index contributed by atoms with van der Waals surface area (Å²) in [4.78, 5) is 17.6. The Hall–Kier alpha value is -0.780. The van der Waals surface area contributed by atoms with E-state index in [0.717, 1.165) is 32.3 Å². The summed E-state index contributed by atoms with van der Waals surface area (Å²) in [5.74, 6) is 2.71. The molecule has 1 aromatic carbocycles. The maximum atomic E-state index is 12.9. The molecule has 6 rings (SSSR count). The van der Waals surface area contributed by atoms with Crippen molar-refractivity contribution in [2.75, 3.05) is 0 Å². The van der Waals surface area contributed by atoms with E-state index in [4.69, 9.17) is 11.6 Å². The molecule has 0 aliphatic heterocycles. The van der Waals surface area contributed by atoms with Crippen LogP contribution in [0.25, 0.3) is 10.2 Å². The van der Waals surface area contributed by atoms with Gasteiger partial charge in [-0.1, -0.05) is 23.4 Å². The highest BCUT2D eigenvalue weighted by molar-refractivity contribution is 8.02. The molecule has 0 radical (unpaired) electrons. The van der Waals surface area contributed by atoms with E-state index < -0.39 is 0 Å². The molecule has 26 heavy (non-hydrogen) atoms. The molecule has 4 saturated carbocycles. The van der Waals surface area contributed by atoms with Crippen molar-refractivity contribution in [3.63, 3.8) is 0 Å². The summed E-state index contributed by atoms with van der Waals surface area (Å²) in [7, 11) is 0. The number of nitrogens with one attached hydrogen (secondary N) is 1. The van der Waals surface area contributed by atoms with E-state index in [9.17, 15) is 4.79 Å². The van der Waals surface area contributed by atoms with Crippen LogP contribution in [-0.4, -0.2) is 21.7 Å². The lowest BCUT2D eigenvalue weighted by Crippen LogP contribution is -2.60. The van der Waals surface area contributed by atoms with E-state index in [1.54, 1.807) is 23.1 Å². The fourth-order valence-corrected chi connectivity index (χ4v) is 8.12. The van der Waals surface area contributed by atoms with Gasteiger partial charge in [0.05, 0.1) is 15.5 Å². The average Bonchev–Trinajstić information content (AvgIpc) is 2.94. The van der Waals surface area contributed by atoms with Gasteiger partial charge in [-0.05, 0) is 81.4 Å². The standard InChI is InChI=1S/C20H23ClN2OS2/c1-11(25-19-22-16-7-15(21)2-3-17(16)26-19)18(24)23-20-8-12-4-13(9-20)6-14(5-12)10-20/h2-3,7,11-14H,4-6,8-10H2,1H3,(H,23,24). The smallest absolute Gasteiger partial charge is 0.233 e. The summed E-state index contributed by atoms with van der Waals surface area (Å²) >= 11 is 9.25. The van der Waals surface area contributed by atoms with Gasteiger partial charge < -0.3 is 5.32 Å². The summed E-state index contributed by atoms with van der Waals surface area (Å²) in [5, 5.41) is 4.06. The van der Waals surface area contributed by atoms with Crippen LogP contribution in [0.1, 0.15) is 45.4 Å². The van der Waals surface area contributed by atoms with Crippen LogP contribution in [0.4, 0.5) is 0 Å². The number of rotatable bonds is 4. The molecular formula is C20H23ClN2OS2. The van der Waals surface area contributed by atoms with Crippen LogP contribution in [0.3, 0.4) is 0 Å². The molecule has 138 valence electrons. The van der Waals surface area contributed by atoms with Gasteiger partial charge in [-0.3, -0.25) is 4.79 Å². The third-order valence-corrected chi connectivity index (χ3v) is 8.87. The fourth-order valence-electron chi connectivity index (χ4n) is 5.76. The number of carbonyl (C=O) groups excluding carboxylic acids is 1. The number of amides is 1. The number of nitrogens with zero attached hydrogens (tertiary/aromatic N) is 1. The molecular weight excluding hydrogens is 384 g/mol. The Labute approximate surface area is 167 Å². The van der Waals surface area contributed by atoms with E-state index in [0.29, 0.717) is 5.02 Å². The maximum Gasteiger partial charge on any atom is 0.233 e. The number of fused-ring (bicyclic) bond motifs is 1. The van der Waals surface area contributed by atoms with Crippen molar-refractivity contribution in [3.05, 3.63) is 23.2 Å². The van der Waals surface area contributed by atoms with Crippen LogP contribution in [0, 0.1) is 17.8 Å². The first-order valence-electron chi connectivity index (χ1n) is 9.53. The number of halogens is 1. The third-order valence-electron chi connectivity index (χ3n) is 6.40. The number of thiazole rings is 1. The molecule has 1 atom stereocenters. The average molecular weight is 407 g/mol. The lowest BCUT2D eigenvalue weighted by molar-refractivity contribution is -0.126. The van der Waals surface area contributed by atoms with Gasteiger partial charge in [0.2, 0.25) is 5.91 Å². The number of aromatic nitrogens is 1. The van der Waals surface area contributed by atoms with Gasteiger partial charge in [-0.15, -0.1) is 11.3 Å². The minimum Gasteiger partial charge on any atom is -0.350 e. The Bertz CT molecular complexity index is 829. The first-order chi connectivity index (χ1) is 12.5. The Morgan fingerprint density at radius 2 is 1.92 bits per heavy atom. The number of hydrogen-bond donors (Lipinski definition) is 1. The van der Waals surface area contributed by atoms with Crippen molar-refractivity contribution < 1.29 is 4.79 Å². The predicted octanol–water partition coefficient (Wildman–Crippen LogP) is 5.52. The lowest BCUT2D eigenvalue weighted by Gasteiger charge is -2.57. The SMILES string of the molecule is CC(Sc1nc2cc(Cl)ccc2s1)C(=O)NC12CC3CC(CC(C3)C1)C2. The highest BCUT2D eigenvalue weighted by atomic mass is 35.5. The minimum absolute atomic E-state index is 0.0851. The van der Waals surface area contributed by atoms with Crippen molar-refractivity contribution in [1.29, 1.82) is 0 Å². The van der Waals surface area contributed by atoms with Gasteiger partial charge in [0.25, 0.3) is 0 Å². The van der Waals surface area contributed by atoms with Crippen LogP contribution in [0.2, 0.25) is 5.02 Å². The largest absolute Gasteiger partial charge is 0.350 e. The van der Waals surface area contributed by atoms with E-state index in [1.807, 2.05) is 25.1 Å². The molecule has 1 N–H and O–H groups in total. The summed E-state index contributed by atoms with van der Waals surface area (Å²) < 4.78 is 2.06. The van der Waals surface area contributed by atoms with Crippen LogP contribution in [0.5, 0.6) is 0 Å². The molecule has 6 heteroatoms. The molecule has 4 fully saturated rings. The first-order valence-corrected chi connectivity index (χ1v) is 11.6. The Balaban J connectivity index is 1.28. The molecule has 2 aromatic rings. The molecule has 4 aliphatic carbocycles. The van der Waals surface area contributed by atoms with Crippen molar-refractivity contribution in [3.8, 4) is 0 Å². The number of hydrogen-bond acceptors (Lipinski definition) is 4. The van der Waals surface area contributed by atoms with Crippen molar-refractivity contribution >= 4 is 50.8 Å². The second kappa shape index (κ2) is 6.39. The van der Waals surface area contributed by atoms with Crippen LogP contribution >= 0.6 is 34.7 Å². The molecule has 3 nitrogen and oxygen atoms in total. The van der Waals surface area contributed by atoms with Gasteiger partial charge in [0.1, 0.15) is 0 Å². The van der Waals surface area contributed by atoms with Gasteiger partial charge in [0, 0.05) is 10.6 Å². The zero-order valence-corrected chi connectivity index (χ0v) is 17.2. The quantitative estimate of drug-likeness (QED) is 0.680. The molecule has 4 bridgehead atoms. The number of benzene rings is 1. The van der Waals surface area contributed by atoms with Crippen molar-refractivity contribution in [2.24, 2.45) is 17.8 Å². The molecule has 0 saturated heterocycles. The summed E-state index contributed by atoms with van der Waals surface area (Å²) in [6, 6.07) is 5.77. The third kappa shape index (κ3) is 3.16. The van der Waals surface area contributed by atoms with E-state index in [1.165, 1.54) is 38.5 Å². The van der Waals surface area contributed by atoms with Gasteiger partial charge in [0.15, 0.2) is 4.34 Å². The molecule has 1 heterocycles. The highest BCUT2D eigenvalue weighted by Gasteiger charge is 2.51. The summed E-state index contributed by atoms with van der Waals surface area (Å²) in [6.45, 7) is 2.00. The van der Waals surface area contributed by atoms with E-state index in [2.05, 4.69) is 10.3 Å². The highest BCUT2D eigenvalue weighted by Crippen LogP contribution is 2.55. The number of thioether (sulfide) groups is 1.